The summed E-state index contributed by atoms with van der Waals surface area (Å²) in [7, 11) is 0. The molecule has 0 spiro atoms. The molecule has 2 rings (SSSR count). The maximum Gasteiger partial charge on any atom is 0.0476 e. The Balaban J connectivity index is 0.000000980. The Bertz CT molecular complexity index is 227. The fourth-order valence-corrected chi connectivity index (χ4v) is 3.23. The predicted molar refractivity (Wildman–Crippen MR) is 60.4 cm³/mol. The average Bonchev–Trinajstić information content (AvgIpc) is 2.50. The quantitative estimate of drug-likeness (QED) is 0.707. The molecule has 0 aromatic heterocycles. The van der Waals surface area contributed by atoms with Gasteiger partial charge in [0.2, 0.25) is 0 Å². The van der Waals surface area contributed by atoms with Crippen molar-refractivity contribution in [3.05, 3.63) is 0 Å². The van der Waals surface area contributed by atoms with Crippen LogP contribution in [0.4, 0.5) is 0 Å². The number of hydrogen-bond donors (Lipinski definition) is 2. The Morgan fingerprint density at radius 1 is 1.29 bits per heavy atom. The Hall–Kier alpha value is 0.210. The van der Waals surface area contributed by atoms with E-state index in [1.165, 1.54) is 0 Å². The van der Waals surface area contributed by atoms with E-state index >= 15 is 0 Å². The minimum atomic E-state index is -0.135. The van der Waals surface area contributed by atoms with Crippen LogP contribution in [0.1, 0.15) is 33.6 Å². The van der Waals surface area contributed by atoms with Crippen LogP contribution in [-0.2, 0) is 0 Å². The van der Waals surface area contributed by atoms with Gasteiger partial charge in [-0.05, 0) is 42.9 Å². The third-order valence-electron chi connectivity index (χ3n) is 4.64. The van der Waals surface area contributed by atoms with E-state index in [0.29, 0.717) is 11.3 Å². The molecule has 0 aliphatic heterocycles. The van der Waals surface area contributed by atoms with Crippen molar-refractivity contribution < 1.29 is 5.11 Å². The van der Waals surface area contributed by atoms with Crippen LogP contribution < -0.4 is 5.73 Å². The second kappa shape index (κ2) is 3.36. The normalized spacial score (nSPS) is 49.1. The lowest BCUT2D eigenvalue weighted by Crippen LogP contribution is -2.48. The molecule has 0 amide bonds. The number of fused-ring (bicyclic) bond motifs is 1. The van der Waals surface area contributed by atoms with Crippen molar-refractivity contribution in [1.82, 2.24) is 0 Å². The van der Waals surface area contributed by atoms with Crippen molar-refractivity contribution in [2.24, 2.45) is 28.9 Å². The summed E-state index contributed by atoms with van der Waals surface area (Å²) in [6.45, 7) is 7.02. The summed E-state index contributed by atoms with van der Waals surface area (Å²) in [6.07, 6.45) is 2.22. The first-order chi connectivity index (χ1) is 5.89. The maximum absolute atomic E-state index is 9.25. The van der Waals surface area contributed by atoms with Crippen LogP contribution >= 0.6 is 12.4 Å². The van der Waals surface area contributed by atoms with E-state index in [-0.39, 0.29) is 24.6 Å². The van der Waals surface area contributed by atoms with Crippen LogP contribution in [0.2, 0.25) is 0 Å². The van der Waals surface area contributed by atoms with E-state index in [2.05, 4.69) is 20.8 Å². The van der Waals surface area contributed by atoms with E-state index in [9.17, 15) is 5.11 Å². The molecule has 2 fully saturated rings. The fourth-order valence-electron chi connectivity index (χ4n) is 3.23. The molecule has 14 heavy (non-hydrogen) atoms. The maximum atomic E-state index is 9.25. The number of nitrogens with two attached hydrogens (primary N) is 1. The molecule has 84 valence electrons. The lowest BCUT2D eigenvalue weighted by Gasteiger charge is -2.36. The largest absolute Gasteiger partial charge is 0.396 e. The van der Waals surface area contributed by atoms with Gasteiger partial charge in [0, 0.05) is 12.1 Å². The monoisotopic (exact) mass is 219 g/mol. The molecule has 2 aliphatic rings. The highest BCUT2D eigenvalue weighted by Gasteiger charge is 2.62. The van der Waals surface area contributed by atoms with E-state index in [0.717, 1.165) is 24.7 Å². The average molecular weight is 220 g/mol. The van der Waals surface area contributed by atoms with Crippen LogP contribution in [0, 0.1) is 23.2 Å². The second-order valence-electron chi connectivity index (χ2n) is 5.86. The van der Waals surface area contributed by atoms with Crippen molar-refractivity contribution in [1.29, 1.82) is 0 Å². The number of rotatable bonds is 1. The van der Waals surface area contributed by atoms with Gasteiger partial charge in [-0.1, -0.05) is 13.8 Å². The Kier molecular flexibility index (Phi) is 2.95. The van der Waals surface area contributed by atoms with Gasteiger partial charge >= 0.3 is 0 Å². The van der Waals surface area contributed by atoms with Gasteiger partial charge in [0.1, 0.15) is 0 Å². The lowest BCUT2D eigenvalue weighted by atomic mass is 9.75. The summed E-state index contributed by atoms with van der Waals surface area (Å²) in [5.74, 6) is 1.95. The van der Waals surface area contributed by atoms with Crippen molar-refractivity contribution in [2.75, 3.05) is 6.61 Å². The fraction of sp³-hybridized carbons (Fsp3) is 1.00. The second-order valence-corrected chi connectivity index (χ2v) is 5.86. The number of halogens is 1. The summed E-state index contributed by atoms with van der Waals surface area (Å²) in [4.78, 5) is 0. The summed E-state index contributed by atoms with van der Waals surface area (Å²) in [5, 5.41) is 9.25. The van der Waals surface area contributed by atoms with Crippen molar-refractivity contribution in [3.8, 4) is 0 Å². The van der Waals surface area contributed by atoms with E-state index in [4.69, 9.17) is 5.73 Å². The number of hydrogen-bond acceptors (Lipinski definition) is 2. The molecule has 2 nitrogen and oxygen atoms in total. The van der Waals surface area contributed by atoms with Crippen LogP contribution in [0.25, 0.3) is 0 Å². The summed E-state index contributed by atoms with van der Waals surface area (Å²) < 4.78 is 0. The molecule has 0 bridgehead atoms. The van der Waals surface area contributed by atoms with Gasteiger partial charge in [-0.3, -0.25) is 0 Å². The first-order valence-corrected chi connectivity index (χ1v) is 5.29. The van der Waals surface area contributed by atoms with Gasteiger partial charge in [0.05, 0.1) is 0 Å². The van der Waals surface area contributed by atoms with Gasteiger partial charge in [-0.2, -0.15) is 0 Å². The lowest BCUT2D eigenvalue weighted by molar-refractivity contribution is 0.115. The molecule has 0 aromatic carbocycles. The standard InChI is InChI=1S/C11H21NO.ClH/c1-10(2)8-4-7(6-13)11(3,12)5-9(8)10;/h7-9,13H,4-6,12H2,1-3H3;1H/t7?,8?,9?,11-;/m1./s1. The highest BCUT2D eigenvalue weighted by atomic mass is 35.5. The number of aliphatic hydroxyl groups is 1. The molecule has 0 radical (unpaired) electrons. The SMILES string of the molecule is CC1(C)C2CC(CO)[C@](C)(N)CC21.Cl. The summed E-state index contributed by atoms with van der Waals surface area (Å²) in [6, 6.07) is 0. The Morgan fingerprint density at radius 2 is 1.86 bits per heavy atom. The molecule has 2 saturated carbocycles. The van der Waals surface area contributed by atoms with Crippen molar-refractivity contribution >= 4 is 12.4 Å². The van der Waals surface area contributed by atoms with Gasteiger partial charge in [-0.25, -0.2) is 0 Å². The molecule has 0 heterocycles. The van der Waals surface area contributed by atoms with Crippen LogP contribution in [0.3, 0.4) is 0 Å². The van der Waals surface area contributed by atoms with Gasteiger partial charge in [-0.15, -0.1) is 12.4 Å². The zero-order valence-corrected chi connectivity index (χ0v) is 10.1. The molecule has 3 heteroatoms. The molecule has 4 atom stereocenters. The minimum absolute atomic E-state index is 0. The third kappa shape index (κ3) is 1.58. The van der Waals surface area contributed by atoms with Crippen molar-refractivity contribution in [3.63, 3.8) is 0 Å². The Labute approximate surface area is 92.7 Å². The predicted octanol–water partition coefficient (Wildman–Crippen LogP) is 1.80. The molecule has 0 saturated heterocycles. The van der Waals surface area contributed by atoms with E-state index < -0.39 is 0 Å². The highest BCUT2D eigenvalue weighted by molar-refractivity contribution is 5.85. The minimum Gasteiger partial charge on any atom is -0.396 e. The molecule has 2 aliphatic carbocycles. The molecule has 3 N–H and O–H groups in total. The molecular formula is C11H22ClNO. The van der Waals surface area contributed by atoms with Crippen LogP contribution in [-0.4, -0.2) is 17.3 Å². The van der Waals surface area contributed by atoms with Gasteiger partial charge in [0.25, 0.3) is 0 Å². The third-order valence-corrected chi connectivity index (χ3v) is 4.64. The number of aliphatic hydroxyl groups excluding tert-OH is 1. The molecule has 0 aromatic rings. The van der Waals surface area contributed by atoms with Gasteiger partial charge < -0.3 is 10.8 Å². The first kappa shape index (κ1) is 12.3. The van der Waals surface area contributed by atoms with Crippen LogP contribution in [0.15, 0.2) is 0 Å². The zero-order valence-electron chi connectivity index (χ0n) is 9.29. The Morgan fingerprint density at radius 3 is 2.36 bits per heavy atom. The molecule has 3 unspecified atom stereocenters. The summed E-state index contributed by atoms with van der Waals surface area (Å²) >= 11 is 0. The highest BCUT2D eigenvalue weighted by Crippen LogP contribution is 2.67. The first-order valence-electron chi connectivity index (χ1n) is 5.29. The van der Waals surface area contributed by atoms with Crippen molar-refractivity contribution in [2.45, 2.75) is 39.2 Å². The zero-order chi connectivity index (χ0) is 9.85. The molecular weight excluding hydrogens is 198 g/mol. The summed E-state index contributed by atoms with van der Waals surface area (Å²) in [5.41, 5.74) is 6.57. The van der Waals surface area contributed by atoms with E-state index in [1.54, 1.807) is 0 Å². The smallest absolute Gasteiger partial charge is 0.0476 e. The van der Waals surface area contributed by atoms with E-state index in [1.807, 2.05) is 0 Å². The van der Waals surface area contributed by atoms with Crippen LogP contribution in [0.5, 0.6) is 0 Å². The topological polar surface area (TPSA) is 46.2 Å². The van der Waals surface area contributed by atoms with Gasteiger partial charge in [0.15, 0.2) is 0 Å².